The van der Waals surface area contributed by atoms with Crippen LogP contribution in [0.5, 0.6) is 0 Å². The Balaban J connectivity index is 0.00000200. The minimum Gasteiger partial charge on any atom is -0.395 e. The average molecular weight is 348 g/mol. The van der Waals surface area contributed by atoms with Crippen molar-refractivity contribution in [3.63, 3.8) is 0 Å². The van der Waals surface area contributed by atoms with Gasteiger partial charge >= 0.3 is 0 Å². The first-order valence-corrected chi connectivity index (χ1v) is 6.96. The lowest BCUT2D eigenvalue weighted by Gasteiger charge is -2.04. The van der Waals surface area contributed by atoms with Gasteiger partial charge in [0.25, 0.3) is 0 Å². The van der Waals surface area contributed by atoms with Gasteiger partial charge in [0.1, 0.15) is 5.84 Å². The Morgan fingerprint density at radius 2 is 2.05 bits per heavy atom. The summed E-state index contributed by atoms with van der Waals surface area (Å²) in [6.45, 7) is 1.44. The Hall–Kier alpha value is -1.11. The van der Waals surface area contributed by atoms with Gasteiger partial charge in [-0.05, 0) is 29.1 Å². The van der Waals surface area contributed by atoms with Gasteiger partial charge < -0.3 is 16.2 Å². The summed E-state index contributed by atoms with van der Waals surface area (Å²) in [5.74, 6) is 0.537. The lowest BCUT2D eigenvalue weighted by atomic mass is 10.2. The summed E-state index contributed by atoms with van der Waals surface area (Å²) in [7, 11) is 0. The van der Waals surface area contributed by atoms with E-state index in [2.05, 4.69) is 10.3 Å². The molecule has 0 bridgehead atoms. The molecule has 0 atom stereocenters. The van der Waals surface area contributed by atoms with Crippen molar-refractivity contribution in [3.8, 4) is 0 Å². The molecule has 0 amide bonds. The fourth-order valence-corrected chi connectivity index (χ4v) is 2.29. The molecule has 0 spiro atoms. The highest BCUT2D eigenvalue weighted by Gasteiger charge is 2.00. The van der Waals surface area contributed by atoms with Gasteiger partial charge in [-0.15, -0.1) is 36.2 Å². The first-order chi connectivity index (χ1) is 9.29. The zero-order valence-electron chi connectivity index (χ0n) is 11.4. The molecule has 21 heavy (non-hydrogen) atoms. The summed E-state index contributed by atoms with van der Waals surface area (Å²) < 4.78 is 0. The van der Waals surface area contributed by atoms with Crippen molar-refractivity contribution in [2.24, 2.45) is 10.7 Å². The van der Waals surface area contributed by atoms with E-state index in [4.69, 9.17) is 10.8 Å². The molecule has 1 aromatic heterocycles. The van der Waals surface area contributed by atoms with E-state index < -0.39 is 0 Å². The molecule has 0 aliphatic carbocycles. The molecule has 2 aromatic rings. The van der Waals surface area contributed by atoms with E-state index in [9.17, 15) is 0 Å². The number of benzene rings is 1. The third kappa shape index (κ3) is 6.46. The first-order valence-electron chi connectivity index (χ1n) is 6.08. The van der Waals surface area contributed by atoms with Crippen LogP contribution in [0, 0.1) is 0 Å². The molecule has 4 N–H and O–H groups in total. The third-order valence-electron chi connectivity index (χ3n) is 2.55. The Morgan fingerprint density at radius 1 is 1.24 bits per heavy atom. The number of nitrogens with two attached hydrogens (primary N) is 1. The summed E-state index contributed by atoms with van der Waals surface area (Å²) in [5.41, 5.74) is 7.92. The van der Waals surface area contributed by atoms with E-state index in [1.807, 2.05) is 41.8 Å². The molecule has 2 rings (SSSR count). The van der Waals surface area contributed by atoms with Gasteiger partial charge in [-0.1, -0.05) is 18.2 Å². The molecule has 0 fully saturated rings. The van der Waals surface area contributed by atoms with Crippen LogP contribution in [-0.4, -0.2) is 24.1 Å². The van der Waals surface area contributed by atoms with Crippen LogP contribution < -0.4 is 11.1 Å². The number of aliphatic hydroxyl groups excluding tert-OH is 1. The molecule has 4 nitrogen and oxygen atoms in total. The van der Waals surface area contributed by atoms with Gasteiger partial charge in [-0.3, -0.25) is 0 Å². The Morgan fingerprint density at radius 3 is 2.71 bits per heavy atom. The average Bonchev–Trinajstić information content (AvgIpc) is 2.93. The molecule has 1 aromatic carbocycles. The Labute approximate surface area is 140 Å². The SMILES string of the molecule is Cl.Cl.NC(=Nc1cccc(CNCCO)c1)c1cccs1. The highest BCUT2D eigenvalue weighted by Crippen LogP contribution is 2.16. The summed E-state index contributed by atoms with van der Waals surface area (Å²) in [4.78, 5) is 5.39. The molecular weight excluding hydrogens is 329 g/mol. The molecule has 0 saturated carbocycles. The van der Waals surface area contributed by atoms with Crippen molar-refractivity contribution in [3.05, 3.63) is 52.2 Å². The van der Waals surface area contributed by atoms with Crippen molar-refractivity contribution in [2.45, 2.75) is 6.54 Å². The Kier molecular flexibility index (Phi) is 10.0. The van der Waals surface area contributed by atoms with Gasteiger partial charge in [0.05, 0.1) is 17.2 Å². The van der Waals surface area contributed by atoms with Crippen LogP contribution >= 0.6 is 36.2 Å². The normalized spacial score (nSPS) is 10.6. The van der Waals surface area contributed by atoms with Gasteiger partial charge in [-0.2, -0.15) is 0 Å². The smallest absolute Gasteiger partial charge is 0.141 e. The van der Waals surface area contributed by atoms with Crippen molar-refractivity contribution in [1.82, 2.24) is 5.32 Å². The summed E-state index contributed by atoms with van der Waals surface area (Å²) in [6.07, 6.45) is 0. The summed E-state index contributed by atoms with van der Waals surface area (Å²) >= 11 is 1.58. The zero-order valence-corrected chi connectivity index (χ0v) is 13.8. The van der Waals surface area contributed by atoms with E-state index in [-0.39, 0.29) is 31.4 Å². The van der Waals surface area contributed by atoms with Crippen molar-refractivity contribution in [2.75, 3.05) is 13.2 Å². The molecule has 0 radical (unpaired) electrons. The molecule has 7 heteroatoms. The largest absolute Gasteiger partial charge is 0.395 e. The van der Waals surface area contributed by atoms with E-state index in [1.165, 1.54) is 0 Å². The molecule has 0 aliphatic heterocycles. The third-order valence-corrected chi connectivity index (χ3v) is 3.44. The van der Waals surface area contributed by atoms with Crippen LogP contribution in [0.2, 0.25) is 0 Å². The van der Waals surface area contributed by atoms with Crippen LogP contribution in [0.4, 0.5) is 5.69 Å². The lowest BCUT2D eigenvalue weighted by molar-refractivity contribution is 0.292. The topological polar surface area (TPSA) is 70.6 Å². The van der Waals surface area contributed by atoms with Gasteiger partial charge in [0.2, 0.25) is 0 Å². The van der Waals surface area contributed by atoms with E-state index >= 15 is 0 Å². The van der Waals surface area contributed by atoms with Crippen LogP contribution in [0.1, 0.15) is 10.4 Å². The number of amidine groups is 1. The molecule has 0 aliphatic rings. The van der Waals surface area contributed by atoms with Crippen LogP contribution in [0.15, 0.2) is 46.8 Å². The Bertz CT molecular complexity index is 547. The number of hydrogen-bond donors (Lipinski definition) is 3. The number of thiophene rings is 1. The number of aliphatic hydroxyl groups is 1. The quantitative estimate of drug-likeness (QED) is 0.427. The number of rotatable bonds is 6. The van der Waals surface area contributed by atoms with Crippen molar-refractivity contribution >= 4 is 47.7 Å². The standard InChI is InChI=1S/C14H17N3OS.2ClH/c15-14(13-5-2-8-19-13)17-12-4-1-3-11(9-12)10-16-6-7-18;;/h1-5,8-9,16,18H,6-7,10H2,(H2,15,17);2*1H. The minimum absolute atomic E-state index is 0. The van der Waals surface area contributed by atoms with E-state index in [0.29, 0.717) is 18.9 Å². The summed E-state index contributed by atoms with van der Waals surface area (Å²) in [5, 5.41) is 13.8. The molecule has 1 heterocycles. The highest BCUT2D eigenvalue weighted by molar-refractivity contribution is 7.12. The fourth-order valence-electron chi connectivity index (χ4n) is 1.67. The zero-order chi connectivity index (χ0) is 13.5. The molecular formula is C14H19Cl2N3OS. The lowest BCUT2D eigenvalue weighted by Crippen LogP contribution is -2.17. The maximum Gasteiger partial charge on any atom is 0.141 e. The van der Waals surface area contributed by atoms with Gasteiger partial charge in [-0.25, -0.2) is 4.99 Å². The second kappa shape index (κ2) is 10.6. The summed E-state index contributed by atoms with van der Waals surface area (Å²) in [6, 6.07) is 11.8. The second-order valence-electron chi connectivity index (χ2n) is 4.04. The van der Waals surface area contributed by atoms with E-state index in [1.54, 1.807) is 11.3 Å². The maximum absolute atomic E-state index is 8.72. The molecule has 116 valence electrons. The molecule has 0 unspecified atom stereocenters. The number of hydrogen-bond acceptors (Lipinski definition) is 4. The van der Waals surface area contributed by atoms with Crippen molar-refractivity contribution in [1.29, 1.82) is 0 Å². The van der Waals surface area contributed by atoms with Crippen LogP contribution in [-0.2, 0) is 6.54 Å². The van der Waals surface area contributed by atoms with Gasteiger partial charge in [0.15, 0.2) is 0 Å². The number of nitrogens with one attached hydrogen (secondary N) is 1. The maximum atomic E-state index is 8.72. The highest BCUT2D eigenvalue weighted by atomic mass is 35.5. The van der Waals surface area contributed by atoms with Crippen molar-refractivity contribution < 1.29 is 5.11 Å². The number of aliphatic imine (C=N–C) groups is 1. The van der Waals surface area contributed by atoms with Crippen LogP contribution in [0.3, 0.4) is 0 Å². The number of nitrogens with zero attached hydrogens (tertiary/aromatic N) is 1. The first kappa shape index (κ1) is 19.9. The van der Waals surface area contributed by atoms with E-state index in [0.717, 1.165) is 16.1 Å². The predicted octanol–water partition coefficient (Wildman–Crippen LogP) is 2.71. The predicted molar refractivity (Wildman–Crippen MR) is 94.4 cm³/mol. The minimum atomic E-state index is 0. The fraction of sp³-hybridized carbons (Fsp3) is 0.214. The second-order valence-corrected chi connectivity index (χ2v) is 4.99. The van der Waals surface area contributed by atoms with Gasteiger partial charge in [0, 0.05) is 13.1 Å². The number of halogens is 2. The molecule has 0 saturated heterocycles. The monoisotopic (exact) mass is 347 g/mol. The van der Waals surface area contributed by atoms with Crippen LogP contribution in [0.25, 0.3) is 0 Å².